The van der Waals surface area contributed by atoms with Crippen molar-refractivity contribution in [3.8, 4) is 5.75 Å². The number of benzene rings is 1. The number of hydrazine groups is 1. The van der Waals surface area contributed by atoms with Crippen LogP contribution in [-0.4, -0.2) is 17.1 Å². The van der Waals surface area contributed by atoms with Gasteiger partial charge in [-0.15, -0.1) is 0 Å². The second-order valence-electron chi connectivity index (χ2n) is 3.50. The average molecular weight is 392 g/mol. The van der Waals surface area contributed by atoms with Crippen LogP contribution in [0.15, 0.2) is 24.5 Å². The van der Waals surface area contributed by atoms with Crippen LogP contribution in [-0.2, 0) is 0 Å². The van der Waals surface area contributed by atoms with E-state index in [9.17, 15) is 0 Å². The van der Waals surface area contributed by atoms with Crippen molar-refractivity contribution in [1.82, 2.24) is 9.97 Å². The second-order valence-corrected chi connectivity index (χ2v) is 5.15. The highest BCUT2D eigenvalue weighted by atomic mass is 127. The molecule has 19 heavy (non-hydrogen) atoms. The van der Waals surface area contributed by atoms with Crippen LogP contribution in [0.5, 0.6) is 5.75 Å². The van der Waals surface area contributed by atoms with Gasteiger partial charge in [0.1, 0.15) is 6.33 Å². The van der Waals surface area contributed by atoms with Crippen LogP contribution in [0, 0.1) is 3.57 Å². The molecule has 0 amide bonds. The van der Waals surface area contributed by atoms with Gasteiger partial charge in [0.25, 0.3) is 0 Å². The number of hydrogen-bond donors (Lipinski definition) is 3. The molecule has 100 valence electrons. The highest BCUT2D eigenvalue weighted by Crippen LogP contribution is 2.33. The van der Waals surface area contributed by atoms with Gasteiger partial charge in [0, 0.05) is 3.57 Å². The molecule has 0 aliphatic carbocycles. The van der Waals surface area contributed by atoms with E-state index in [4.69, 9.17) is 22.2 Å². The predicted octanol–water partition coefficient (Wildman–Crippen LogP) is 2.77. The van der Waals surface area contributed by atoms with Gasteiger partial charge in [0.2, 0.25) is 5.75 Å². The first-order chi connectivity index (χ1) is 9.15. The normalized spacial score (nSPS) is 10.1. The molecule has 0 aliphatic rings. The Kier molecular flexibility index (Phi) is 4.61. The molecule has 0 atom stereocenters. The van der Waals surface area contributed by atoms with Crippen molar-refractivity contribution in [2.75, 3.05) is 17.9 Å². The molecule has 0 aliphatic heterocycles. The summed E-state index contributed by atoms with van der Waals surface area (Å²) in [4.78, 5) is 8.07. The second kappa shape index (κ2) is 6.22. The summed E-state index contributed by atoms with van der Waals surface area (Å²) in [5, 5.41) is 3.68. The summed E-state index contributed by atoms with van der Waals surface area (Å²) in [5.41, 5.74) is 3.17. The third kappa shape index (κ3) is 3.17. The highest BCUT2D eigenvalue weighted by Gasteiger charge is 2.12. The van der Waals surface area contributed by atoms with Crippen LogP contribution in [0.4, 0.5) is 17.3 Å². The standard InChI is InChI=1S/C11H11ClIN5O/c1-19-9-10(15-5-16-11(9)18-14)17-8-3-2-6(13)4-7(8)12/h2-5H,14H2,1H3,(H2,15,16,17,18). The lowest BCUT2D eigenvalue weighted by atomic mass is 10.3. The summed E-state index contributed by atoms with van der Waals surface area (Å²) >= 11 is 8.35. The quantitative estimate of drug-likeness (QED) is 0.422. The molecular weight excluding hydrogens is 381 g/mol. The molecule has 0 saturated heterocycles. The molecule has 4 N–H and O–H groups in total. The number of hydrogen-bond acceptors (Lipinski definition) is 6. The van der Waals surface area contributed by atoms with Crippen LogP contribution in [0.2, 0.25) is 5.02 Å². The Balaban J connectivity index is 2.37. The molecule has 1 heterocycles. The van der Waals surface area contributed by atoms with Crippen LogP contribution >= 0.6 is 34.2 Å². The maximum absolute atomic E-state index is 6.16. The minimum atomic E-state index is 0.390. The number of rotatable bonds is 4. The van der Waals surface area contributed by atoms with Crippen molar-refractivity contribution in [3.05, 3.63) is 33.1 Å². The van der Waals surface area contributed by atoms with E-state index in [1.165, 1.54) is 13.4 Å². The smallest absolute Gasteiger partial charge is 0.205 e. The monoisotopic (exact) mass is 391 g/mol. The molecule has 0 spiro atoms. The lowest BCUT2D eigenvalue weighted by Gasteiger charge is -2.13. The van der Waals surface area contributed by atoms with E-state index in [-0.39, 0.29) is 0 Å². The minimum absolute atomic E-state index is 0.390. The maximum atomic E-state index is 6.16. The Labute approximate surface area is 128 Å². The van der Waals surface area contributed by atoms with Gasteiger partial charge in [-0.05, 0) is 40.8 Å². The zero-order chi connectivity index (χ0) is 13.8. The summed E-state index contributed by atoms with van der Waals surface area (Å²) in [7, 11) is 1.51. The number of halogens is 2. The number of nitrogens with two attached hydrogens (primary N) is 1. The molecule has 8 heteroatoms. The fourth-order valence-corrected chi connectivity index (χ4v) is 2.38. The fourth-order valence-electron chi connectivity index (χ4n) is 1.48. The molecule has 2 rings (SSSR count). The molecule has 6 nitrogen and oxygen atoms in total. The molecule has 0 unspecified atom stereocenters. The van der Waals surface area contributed by atoms with E-state index in [0.29, 0.717) is 22.4 Å². The first-order valence-corrected chi connectivity index (χ1v) is 6.69. The number of ether oxygens (including phenoxy) is 1. The Bertz CT molecular complexity index is 595. The van der Waals surface area contributed by atoms with Crippen LogP contribution in [0.25, 0.3) is 0 Å². The Hall–Kier alpha value is -1.32. The zero-order valence-electron chi connectivity index (χ0n) is 9.95. The molecule has 2 aromatic rings. The lowest BCUT2D eigenvalue weighted by Crippen LogP contribution is -2.11. The predicted molar refractivity (Wildman–Crippen MR) is 83.8 cm³/mol. The zero-order valence-corrected chi connectivity index (χ0v) is 12.9. The van der Waals surface area contributed by atoms with Gasteiger partial charge in [-0.2, -0.15) is 0 Å². The minimum Gasteiger partial charge on any atom is -0.490 e. The largest absolute Gasteiger partial charge is 0.490 e. The average Bonchev–Trinajstić information content (AvgIpc) is 2.41. The lowest BCUT2D eigenvalue weighted by molar-refractivity contribution is 0.415. The third-order valence-electron chi connectivity index (χ3n) is 2.33. The number of methoxy groups -OCH3 is 1. The van der Waals surface area contributed by atoms with Crippen LogP contribution in [0.1, 0.15) is 0 Å². The van der Waals surface area contributed by atoms with E-state index in [1.54, 1.807) is 0 Å². The van der Waals surface area contributed by atoms with E-state index < -0.39 is 0 Å². The van der Waals surface area contributed by atoms with Crippen molar-refractivity contribution in [2.24, 2.45) is 5.84 Å². The van der Waals surface area contributed by atoms with Gasteiger partial charge in [-0.25, -0.2) is 15.8 Å². The van der Waals surface area contributed by atoms with Crippen molar-refractivity contribution in [2.45, 2.75) is 0 Å². The molecule has 0 fully saturated rings. The number of anilines is 3. The first-order valence-electron chi connectivity index (χ1n) is 5.23. The van der Waals surface area contributed by atoms with E-state index >= 15 is 0 Å². The molecule has 0 radical (unpaired) electrons. The number of nitrogens with one attached hydrogen (secondary N) is 2. The molecule has 1 aromatic heterocycles. The van der Waals surface area contributed by atoms with Gasteiger partial charge in [-0.1, -0.05) is 11.6 Å². The summed E-state index contributed by atoms with van der Waals surface area (Å²) in [5.74, 6) is 6.65. The van der Waals surface area contributed by atoms with E-state index in [2.05, 4.69) is 43.3 Å². The van der Waals surface area contributed by atoms with Crippen LogP contribution in [0.3, 0.4) is 0 Å². The molecular formula is C11H11ClIN5O. The van der Waals surface area contributed by atoms with Crippen molar-refractivity contribution in [1.29, 1.82) is 0 Å². The van der Waals surface area contributed by atoms with Crippen LogP contribution < -0.4 is 21.3 Å². The molecule has 0 bridgehead atoms. The van der Waals surface area contributed by atoms with Gasteiger partial charge < -0.3 is 15.5 Å². The van der Waals surface area contributed by atoms with Crippen molar-refractivity contribution >= 4 is 51.5 Å². The number of nitrogens with zero attached hydrogens (tertiary/aromatic N) is 2. The maximum Gasteiger partial charge on any atom is 0.205 e. The summed E-state index contributed by atoms with van der Waals surface area (Å²) < 4.78 is 6.28. The Morgan fingerprint density at radius 2 is 2.05 bits per heavy atom. The number of aromatic nitrogens is 2. The van der Waals surface area contributed by atoms with Gasteiger partial charge in [0.15, 0.2) is 11.6 Å². The SMILES string of the molecule is COc1c(NN)ncnc1Nc1ccc(I)cc1Cl. The Morgan fingerprint density at radius 3 is 2.68 bits per heavy atom. The molecule has 0 saturated carbocycles. The third-order valence-corrected chi connectivity index (χ3v) is 3.31. The Morgan fingerprint density at radius 1 is 1.32 bits per heavy atom. The van der Waals surface area contributed by atoms with Crippen molar-refractivity contribution in [3.63, 3.8) is 0 Å². The van der Waals surface area contributed by atoms with Gasteiger partial charge in [-0.3, -0.25) is 0 Å². The highest BCUT2D eigenvalue weighted by molar-refractivity contribution is 14.1. The summed E-state index contributed by atoms with van der Waals surface area (Å²) in [6.07, 6.45) is 1.38. The summed E-state index contributed by atoms with van der Waals surface area (Å²) in [6.45, 7) is 0. The first kappa shape index (κ1) is 14.1. The van der Waals surface area contributed by atoms with Gasteiger partial charge in [0.05, 0.1) is 17.8 Å². The fraction of sp³-hybridized carbons (Fsp3) is 0.0909. The van der Waals surface area contributed by atoms with Gasteiger partial charge >= 0.3 is 0 Å². The van der Waals surface area contributed by atoms with Crippen molar-refractivity contribution < 1.29 is 4.74 Å². The summed E-state index contributed by atoms with van der Waals surface area (Å²) in [6, 6.07) is 5.64. The van der Waals surface area contributed by atoms with E-state index in [1.807, 2.05) is 18.2 Å². The molecule has 1 aromatic carbocycles. The van der Waals surface area contributed by atoms with E-state index in [0.717, 1.165) is 9.26 Å². The topological polar surface area (TPSA) is 85.1 Å². The number of nitrogen functional groups attached to an aromatic ring is 1.